The summed E-state index contributed by atoms with van der Waals surface area (Å²) in [6, 6.07) is 8.63. The van der Waals surface area contributed by atoms with Crippen molar-refractivity contribution in [3.05, 3.63) is 59.7 Å². The number of rotatable bonds is 5. The number of carbonyl (C=O) groups is 2. The van der Waals surface area contributed by atoms with Crippen molar-refractivity contribution in [2.75, 3.05) is 5.32 Å². The SMILES string of the molecule is O=C(CCc1ccccn1)Nc1cc(C(=O)O)ccc1F. The second kappa shape index (κ2) is 6.60. The average Bonchev–Trinajstić information content (AvgIpc) is 2.48. The van der Waals surface area contributed by atoms with Crippen LogP contribution in [0.1, 0.15) is 22.5 Å². The fourth-order valence-corrected chi connectivity index (χ4v) is 1.75. The summed E-state index contributed by atoms with van der Waals surface area (Å²) in [7, 11) is 0. The van der Waals surface area contributed by atoms with E-state index in [2.05, 4.69) is 10.3 Å². The van der Waals surface area contributed by atoms with E-state index < -0.39 is 17.7 Å². The van der Waals surface area contributed by atoms with E-state index in [9.17, 15) is 14.0 Å². The van der Waals surface area contributed by atoms with Crippen molar-refractivity contribution in [1.29, 1.82) is 0 Å². The van der Waals surface area contributed by atoms with Crippen molar-refractivity contribution >= 4 is 17.6 Å². The zero-order valence-corrected chi connectivity index (χ0v) is 11.0. The topological polar surface area (TPSA) is 79.3 Å². The number of benzene rings is 1. The van der Waals surface area contributed by atoms with Crippen LogP contribution in [-0.2, 0) is 11.2 Å². The number of aryl methyl sites for hydroxylation is 1. The van der Waals surface area contributed by atoms with E-state index >= 15 is 0 Å². The Kier molecular flexibility index (Phi) is 4.61. The lowest BCUT2D eigenvalue weighted by Gasteiger charge is -2.07. The van der Waals surface area contributed by atoms with E-state index in [4.69, 9.17) is 5.11 Å². The predicted molar refractivity (Wildman–Crippen MR) is 74.5 cm³/mol. The third-order valence-corrected chi connectivity index (χ3v) is 2.82. The fourth-order valence-electron chi connectivity index (χ4n) is 1.75. The van der Waals surface area contributed by atoms with Gasteiger partial charge < -0.3 is 10.4 Å². The van der Waals surface area contributed by atoms with Gasteiger partial charge in [0.1, 0.15) is 5.82 Å². The first-order chi connectivity index (χ1) is 10.1. The molecule has 0 aliphatic heterocycles. The smallest absolute Gasteiger partial charge is 0.335 e. The largest absolute Gasteiger partial charge is 0.478 e. The minimum atomic E-state index is -1.18. The van der Waals surface area contributed by atoms with Crippen LogP contribution in [0, 0.1) is 5.82 Å². The molecule has 0 fully saturated rings. The molecule has 1 amide bonds. The Balaban J connectivity index is 1.99. The Hall–Kier alpha value is -2.76. The second-order valence-electron chi connectivity index (χ2n) is 4.37. The quantitative estimate of drug-likeness (QED) is 0.886. The molecular weight excluding hydrogens is 275 g/mol. The molecule has 5 nitrogen and oxygen atoms in total. The van der Waals surface area contributed by atoms with Crippen molar-refractivity contribution < 1.29 is 19.1 Å². The summed E-state index contributed by atoms with van der Waals surface area (Å²) in [6.07, 6.45) is 2.18. The van der Waals surface area contributed by atoms with Gasteiger partial charge in [-0.2, -0.15) is 0 Å². The van der Waals surface area contributed by atoms with Gasteiger partial charge in [-0.1, -0.05) is 6.07 Å². The van der Waals surface area contributed by atoms with E-state index in [0.717, 1.165) is 23.9 Å². The maximum atomic E-state index is 13.5. The molecule has 0 radical (unpaired) electrons. The van der Waals surface area contributed by atoms with Gasteiger partial charge in [0.25, 0.3) is 0 Å². The van der Waals surface area contributed by atoms with Gasteiger partial charge in [-0.25, -0.2) is 9.18 Å². The van der Waals surface area contributed by atoms with Crippen molar-refractivity contribution in [2.45, 2.75) is 12.8 Å². The van der Waals surface area contributed by atoms with Gasteiger partial charge in [0, 0.05) is 18.3 Å². The first-order valence-electron chi connectivity index (χ1n) is 6.29. The van der Waals surface area contributed by atoms with Crippen LogP contribution in [0.15, 0.2) is 42.6 Å². The second-order valence-corrected chi connectivity index (χ2v) is 4.37. The molecule has 0 spiro atoms. The maximum Gasteiger partial charge on any atom is 0.335 e. The third-order valence-electron chi connectivity index (χ3n) is 2.82. The number of halogens is 1. The van der Waals surface area contributed by atoms with Crippen molar-refractivity contribution in [2.24, 2.45) is 0 Å². The highest BCUT2D eigenvalue weighted by atomic mass is 19.1. The van der Waals surface area contributed by atoms with Crippen LogP contribution in [0.25, 0.3) is 0 Å². The summed E-state index contributed by atoms with van der Waals surface area (Å²) in [5.41, 5.74) is 0.532. The normalized spacial score (nSPS) is 10.1. The number of pyridine rings is 1. The molecule has 6 heteroatoms. The number of carboxylic acid groups (broad SMARTS) is 1. The van der Waals surface area contributed by atoms with Crippen LogP contribution >= 0.6 is 0 Å². The van der Waals surface area contributed by atoms with E-state index in [1.807, 2.05) is 6.07 Å². The molecule has 0 atom stereocenters. The number of hydrogen-bond donors (Lipinski definition) is 2. The number of carboxylic acids is 1. The van der Waals surface area contributed by atoms with E-state index in [0.29, 0.717) is 6.42 Å². The van der Waals surface area contributed by atoms with E-state index in [-0.39, 0.29) is 17.7 Å². The van der Waals surface area contributed by atoms with Gasteiger partial charge in [-0.05, 0) is 36.8 Å². The van der Waals surface area contributed by atoms with Crippen molar-refractivity contribution in [3.8, 4) is 0 Å². The first-order valence-corrected chi connectivity index (χ1v) is 6.29. The Bertz CT molecular complexity index is 659. The zero-order chi connectivity index (χ0) is 15.2. The minimum Gasteiger partial charge on any atom is -0.478 e. The molecule has 1 aromatic heterocycles. The van der Waals surface area contributed by atoms with Crippen LogP contribution in [0.3, 0.4) is 0 Å². The van der Waals surface area contributed by atoms with Crippen LogP contribution in [0.5, 0.6) is 0 Å². The van der Waals surface area contributed by atoms with Crippen molar-refractivity contribution in [3.63, 3.8) is 0 Å². The van der Waals surface area contributed by atoms with E-state index in [1.54, 1.807) is 18.3 Å². The van der Waals surface area contributed by atoms with Crippen LogP contribution in [-0.4, -0.2) is 22.0 Å². The number of aromatic carboxylic acids is 1. The molecule has 1 heterocycles. The van der Waals surface area contributed by atoms with Crippen molar-refractivity contribution in [1.82, 2.24) is 4.98 Å². The fraction of sp³-hybridized carbons (Fsp3) is 0.133. The number of anilines is 1. The summed E-state index contributed by atoms with van der Waals surface area (Å²) >= 11 is 0. The Labute approximate surface area is 120 Å². The molecule has 2 rings (SSSR count). The van der Waals surface area contributed by atoms with Crippen LogP contribution in [0.4, 0.5) is 10.1 Å². The molecule has 2 aromatic rings. The molecule has 0 saturated carbocycles. The lowest BCUT2D eigenvalue weighted by Crippen LogP contribution is -2.14. The van der Waals surface area contributed by atoms with E-state index in [1.165, 1.54) is 0 Å². The molecule has 0 aliphatic carbocycles. The molecular formula is C15H13FN2O3. The third kappa shape index (κ3) is 4.10. The van der Waals surface area contributed by atoms with Crippen LogP contribution < -0.4 is 5.32 Å². The summed E-state index contributed by atoms with van der Waals surface area (Å²) < 4.78 is 13.5. The maximum absolute atomic E-state index is 13.5. The lowest BCUT2D eigenvalue weighted by molar-refractivity contribution is -0.116. The molecule has 0 aliphatic rings. The van der Waals surface area contributed by atoms with Gasteiger partial charge in [0.2, 0.25) is 5.91 Å². The summed E-state index contributed by atoms with van der Waals surface area (Å²) in [5, 5.41) is 11.2. The predicted octanol–water partition coefficient (Wildman–Crippen LogP) is 2.49. The highest BCUT2D eigenvalue weighted by Crippen LogP contribution is 2.16. The summed E-state index contributed by atoms with van der Waals surface area (Å²) in [4.78, 5) is 26.7. The standard InChI is InChI=1S/C15H13FN2O3/c16-12-6-4-10(15(20)21)9-13(12)18-14(19)7-5-11-3-1-2-8-17-11/h1-4,6,8-9H,5,7H2,(H,18,19)(H,20,21). The molecule has 2 N–H and O–H groups in total. The molecule has 0 bridgehead atoms. The molecule has 108 valence electrons. The Morgan fingerprint density at radius 3 is 2.71 bits per heavy atom. The first kappa shape index (κ1) is 14.6. The number of nitrogens with zero attached hydrogens (tertiary/aromatic N) is 1. The molecule has 0 saturated heterocycles. The number of hydrogen-bond acceptors (Lipinski definition) is 3. The number of aromatic nitrogens is 1. The lowest BCUT2D eigenvalue weighted by atomic mass is 10.1. The van der Waals surface area contributed by atoms with Gasteiger partial charge in [0.15, 0.2) is 0 Å². The summed E-state index contributed by atoms with van der Waals surface area (Å²) in [5.74, 6) is -2.26. The van der Waals surface area contributed by atoms with Gasteiger partial charge in [0.05, 0.1) is 11.3 Å². The Morgan fingerprint density at radius 1 is 1.24 bits per heavy atom. The Morgan fingerprint density at radius 2 is 2.05 bits per heavy atom. The number of carbonyl (C=O) groups excluding carboxylic acids is 1. The molecule has 1 aromatic carbocycles. The monoisotopic (exact) mass is 288 g/mol. The minimum absolute atomic E-state index is 0.0866. The number of nitrogens with one attached hydrogen (secondary N) is 1. The highest BCUT2D eigenvalue weighted by Gasteiger charge is 2.11. The number of amides is 1. The molecule has 0 unspecified atom stereocenters. The van der Waals surface area contributed by atoms with Gasteiger partial charge >= 0.3 is 5.97 Å². The summed E-state index contributed by atoms with van der Waals surface area (Å²) in [6.45, 7) is 0. The molecule has 21 heavy (non-hydrogen) atoms. The zero-order valence-electron chi connectivity index (χ0n) is 11.0. The van der Waals surface area contributed by atoms with Gasteiger partial charge in [-0.3, -0.25) is 9.78 Å². The van der Waals surface area contributed by atoms with Crippen LogP contribution in [0.2, 0.25) is 0 Å². The highest BCUT2D eigenvalue weighted by molar-refractivity contribution is 5.94. The average molecular weight is 288 g/mol. The van der Waals surface area contributed by atoms with Gasteiger partial charge in [-0.15, -0.1) is 0 Å².